The van der Waals surface area contributed by atoms with E-state index >= 15 is 0 Å². The van der Waals surface area contributed by atoms with Gasteiger partial charge in [-0.1, -0.05) is 83.9 Å². The number of thioether (sulfide) groups is 1. The summed E-state index contributed by atoms with van der Waals surface area (Å²) in [4.78, 5) is 20.5. The summed E-state index contributed by atoms with van der Waals surface area (Å²) < 4.78 is 6.09. The first-order valence-electron chi connectivity index (χ1n) is 11.2. The normalized spacial score (nSPS) is 15.6. The Morgan fingerprint density at radius 3 is 2.31 bits per heavy atom. The van der Waals surface area contributed by atoms with E-state index < -0.39 is 0 Å². The number of aliphatic imine (C=N–C) groups is 1. The molecule has 0 radical (unpaired) electrons. The Bertz CT molecular complexity index is 1460. The number of rotatable bonds is 6. The number of hydrogen-bond donors (Lipinski definition) is 0. The zero-order valence-corrected chi connectivity index (χ0v) is 21.3. The lowest BCUT2D eigenvalue weighted by Crippen LogP contribution is -2.28. The molecule has 4 aromatic rings. The number of carbonyl (C=O) groups excluding carboxylic acids is 1. The first-order chi connectivity index (χ1) is 17.6. The second-order valence-corrected chi connectivity index (χ2v) is 9.73. The molecule has 0 N–H and O–H groups in total. The van der Waals surface area contributed by atoms with Gasteiger partial charge in [-0.2, -0.15) is 0 Å². The maximum Gasteiger partial charge on any atom is 0.271 e. The van der Waals surface area contributed by atoms with Gasteiger partial charge in [-0.25, -0.2) is 4.99 Å². The predicted molar refractivity (Wildman–Crippen MR) is 150 cm³/mol. The number of ether oxygens (including phenoxy) is 1. The van der Waals surface area contributed by atoms with Gasteiger partial charge in [0.2, 0.25) is 0 Å². The molecule has 1 aliphatic heterocycles. The van der Waals surface area contributed by atoms with Gasteiger partial charge in [0.15, 0.2) is 5.17 Å². The number of anilines is 1. The topological polar surface area (TPSA) is 41.9 Å². The van der Waals surface area contributed by atoms with Crippen LogP contribution in [0.15, 0.2) is 113 Å². The molecule has 0 atom stereocenters. The third-order valence-corrected chi connectivity index (χ3v) is 6.96. The van der Waals surface area contributed by atoms with Crippen molar-refractivity contribution in [2.75, 3.05) is 4.90 Å². The summed E-state index contributed by atoms with van der Waals surface area (Å²) in [6, 6.07) is 32.0. The number of hydrogen-bond acceptors (Lipinski definition) is 4. The molecule has 1 fully saturated rings. The van der Waals surface area contributed by atoms with Gasteiger partial charge in [-0.05, 0) is 60.3 Å². The summed E-state index contributed by atoms with van der Waals surface area (Å²) in [5.74, 6) is 0.501. The second kappa shape index (κ2) is 11.0. The molecule has 1 saturated heterocycles. The fourth-order valence-electron chi connectivity index (χ4n) is 3.63. The highest BCUT2D eigenvalue weighted by Crippen LogP contribution is 2.38. The van der Waals surface area contributed by atoms with Gasteiger partial charge < -0.3 is 4.74 Å². The van der Waals surface area contributed by atoms with Crippen LogP contribution >= 0.6 is 35.0 Å². The molecular weight excluding hydrogens is 511 g/mol. The van der Waals surface area contributed by atoms with E-state index in [9.17, 15) is 4.79 Å². The minimum atomic E-state index is -0.142. The minimum absolute atomic E-state index is 0.142. The van der Waals surface area contributed by atoms with Crippen molar-refractivity contribution in [1.29, 1.82) is 0 Å². The predicted octanol–water partition coefficient (Wildman–Crippen LogP) is 8.38. The molecular formula is C29H20Cl2N2O2S. The van der Waals surface area contributed by atoms with E-state index in [-0.39, 0.29) is 12.5 Å². The molecule has 7 heteroatoms. The van der Waals surface area contributed by atoms with Crippen LogP contribution in [0.2, 0.25) is 10.0 Å². The fraction of sp³-hybridized carbons (Fsp3) is 0.0345. The Kier molecular flexibility index (Phi) is 7.42. The Morgan fingerprint density at radius 2 is 1.56 bits per heavy atom. The Labute approximate surface area is 223 Å². The molecule has 0 bridgehead atoms. The molecule has 0 unspecified atom stereocenters. The number of nitrogens with zero attached hydrogens (tertiary/aromatic N) is 2. The van der Waals surface area contributed by atoms with E-state index in [1.54, 1.807) is 17.0 Å². The monoisotopic (exact) mass is 530 g/mol. The van der Waals surface area contributed by atoms with Crippen molar-refractivity contribution in [3.05, 3.63) is 129 Å². The van der Waals surface area contributed by atoms with Crippen LogP contribution in [0.4, 0.5) is 11.4 Å². The highest BCUT2D eigenvalue weighted by atomic mass is 35.5. The molecule has 4 nitrogen and oxygen atoms in total. The van der Waals surface area contributed by atoms with Crippen molar-refractivity contribution >= 4 is 63.5 Å². The number of amidine groups is 1. The van der Waals surface area contributed by atoms with Crippen molar-refractivity contribution in [1.82, 2.24) is 0 Å². The number of benzene rings is 4. The van der Waals surface area contributed by atoms with Crippen LogP contribution in [0.5, 0.6) is 5.75 Å². The molecule has 178 valence electrons. The number of para-hydroxylation sites is 3. The third-order valence-electron chi connectivity index (χ3n) is 5.41. The number of carbonyl (C=O) groups is 1. The van der Waals surface area contributed by atoms with Crippen molar-refractivity contribution in [3.63, 3.8) is 0 Å². The lowest BCUT2D eigenvalue weighted by molar-refractivity contribution is -0.113. The zero-order chi connectivity index (χ0) is 24.9. The van der Waals surface area contributed by atoms with E-state index in [2.05, 4.69) is 0 Å². The highest BCUT2D eigenvalue weighted by Gasteiger charge is 2.34. The fourth-order valence-corrected chi connectivity index (χ4v) is 5.09. The first-order valence-corrected chi connectivity index (χ1v) is 12.7. The van der Waals surface area contributed by atoms with Crippen molar-refractivity contribution in [2.45, 2.75) is 6.61 Å². The van der Waals surface area contributed by atoms with Crippen LogP contribution in [0, 0.1) is 0 Å². The summed E-state index contributed by atoms with van der Waals surface area (Å²) in [5.41, 5.74) is 3.14. The molecule has 5 rings (SSSR count). The standard InChI is InChI=1S/C29H20Cl2N2O2S/c30-22-16-15-21(25(31)18-22)19-35-26-14-8-7-9-20(26)17-27-28(34)33(24-12-5-2-6-13-24)29(36-27)32-23-10-3-1-4-11-23/h1-18H,19H2/b27-17-,32-29?. The molecule has 36 heavy (non-hydrogen) atoms. The van der Waals surface area contributed by atoms with Gasteiger partial charge in [0, 0.05) is 21.2 Å². The lowest BCUT2D eigenvalue weighted by atomic mass is 10.1. The van der Waals surface area contributed by atoms with Crippen LogP contribution in [-0.4, -0.2) is 11.1 Å². The average molecular weight is 531 g/mol. The van der Waals surface area contributed by atoms with Gasteiger partial charge in [0.1, 0.15) is 12.4 Å². The molecule has 1 aliphatic rings. The van der Waals surface area contributed by atoms with Crippen LogP contribution in [0.25, 0.3) is 6.08 Å². The summed E-state index contributed by atoms with van der Waals surface area (Å²) in [6.45, 7) is 0.272. The Morgan fingerprint density at radius 1 is 0.861 bits per heavy atom. The number of amides is 1. The molecule has 0 spiro atoms. The zero-order valence-electron chi connectivity index (χ0n) is 19.0. The molecule has 1 amide bonds. The van der Waals surface area contributed by atoms with Gasteiger partial charge >= 0.3 is 0 Å². The van der Waals surface area contributed by atoms with Crippen molar-refractivity contribution in [3.8, 4) is 5.75 Å². The van der Waals surface area contributed by atoms with Crippen LogP contribution in [0.3, 0.4) is 0 Å². The van der Waals surface area contributed by atoms with Crippen LogP contribution < -0.4 is 9.64 Å². The van der Waals surface area contributed by atoms with Crippen molar-refractivity contribution < 1.29 is 9.53 Å². The highest BCUT2D eigenvalue weighted by molar-refractivity contribution is 8.19. The maximum atomic E-state index is 13.6. The van der Waals surface area contributed by atoms with E-state index in [0.717, 1.165) is 22.5 Å². The van der Waals surface area contributed by atoms with E-state index in [0.29, 0.717) is 25.9 Å². The van der Waals surface area contributed by atoms with Gasteiger partial charge in [0.05, 0.1) is 16.3 Å². The van der Waals surface area contributed by atoms with E-state index in [1.165, 1.54) is 11.8 Å². The lowest BCUT2D eigenvalue weighted by Gasteiger charge is -2.15. The second-order valence-electron chi connectivity index (χ2n) is 7.88. The molecule has 0 saturated carbocycles. The van der Waals surface area contributed by atoms with Crippen LogP contribution in [0.1, 0.15) is 11.1 Å². The summed E-state index contributed by atoms with van der Waals surface area (Å²) >= 11 is 13.6. The Hall–Kier alpha value is -3.51. The van der Waals surface area contributed by atoms with Gasteiger partial charge in [0.25, 0.3) is 5.91 Å². The maximum absolute atomic E-state index is 13.6. The van der Waals surface area contributed by atoms with Crippen LogP contribution in [-0.2, 0) is 11.4 Å². The molecule has 4 aromatic carbocycles. The van der Waals surface area contributed by atoms with Gasteiger partial charge in [-0.3, -0.25) is 9.69 Å². The minimum Gasteiger partial charge on any atom is -0.488 e. The smallest absolute Gasteiger partial charge is 0.271 e. The average Bonchev–Trinajstić information content (AvgIpc) is 3.19. The molecule has 1 heterocycles. The van der Waals surface area contributed by atoms with E-state index in [4.69, 9.17) is 32.9 Å². The third kappa shape index (κ3) is 5.49. The quantitative estimate of drug-likeness (QED) is 0.235. The van der Waals surface area contributed by atoms with Gasteiger partial charge in [-0.15, -0.1) is 0 Å². The molecule has 0 aromatic heterocycles. The Balaban J connectivity index is 1.47. The number of halogens is 2. The van der Waals surface area contributed by atoms with Crippen molar-refractivity contribution in [2.24, 2.45) is 4.99 Å². The summed E-state index contributed by atoms with van der Waals surface area (Å²) in [6.07, 6.45) is 1.84. The summed E-state index contributed by atoms with van der Waals surface area (Å²) in [5, 5.41) is 1.71. The first kappa shape index (κ1) is 24.2. The van der Waals surface area contributed by atoms with E-state index in [1.807, 2.05) is 97.1 Å². The molecule has 0 aliphatic carbocycles. The SMILES string of the molecule is O=C1/C(=C/c2ccccc2OCc2ccc(Cl)cc2Cl)SC(=Nc2ccccc2)N1c1ccccc1. The summed E-state index contributed by atoms with van der Waals surface area (Å²) in [7, 11) is 0. The largest absolute Gasteiger partial charge is 0.488 e.